The fourth-order valence-electron chi connectivity index (χ4n) is 1.48. The average molecular weight is 190 g/mol. The zero-order valence-electron chi connectivity index (χ0n) is 9.07. The van der Waals surface area contributed by atoms with Gasteiger partial charge in [0.25, 0.3) is 0 Å². The van der Waals surface area contributed by atoms with Gasteiger partial charge in [-0.3, -0.25) is 0 Å². The lowest BCUT2D eigenvalue weighted by Gasteiger charge is -2.15. The Morgan fingerprint density at radius 3 is 2.29 bits per heavy atom. The lowest BCUT2D eigenvalue weighted by molar-refractivity contribution is 0.139. The highest BCUT2D eigenvalue weighted by Gasteiger charge is 2.12. The Hall–Kier alpha value is -1.08. The van der Waals surface area contributed by atoms with Gasteiger partial charge in [-0.1, -0.05) is 48.9 Å². The number of allylic oxidation sites excluding steroid dienone is 1. The molecule has 76 valence electrons. The number of hydrogen-bond donors (Lipinski definition) is 1. The first-order valence-corrected chi connectivity index (χ1v) is 5.02. The summed E-state index contributed by atoms with van der Waals surface area (Å²) in [4.78, 5) is 0. The third-order valence-electron chi connectivity index (χ3n) is 2.41. The molecule has 0 bridgehead atoms. The number of rotatable bonds is 3. The Kier molecular flexibility index (Phi) is 3.90. The molecule has 1 heteroatoms. The number of aryl methyl sites for hydroxylation is 1. The Morgan fingerprint density at radius 2 is 1.79 bits per heavy atom. The van der Waals surface area contributed by atoms with Crippen molar-refractivity contribution in [2.45, 2.75) is 26.9 Å². The van der Waals surface area contributed by atoms with E-state index in [1.165, 1.54) is 5.56 Å². The third kappa shape index (κ3) is 2.71. The van der Waals surface area contributed by atoms with Crippen LogP contribution in [-0.2, 0) is 0 Å². The fourth-order valence-corrected chi connectivity index (χ4v) is 1.48. The van der Waals surface area contributed by atoms with Crippen LogP contribution in [-0.4, -0.2) is 5.11 Å². The van der Waals surface area contributed by atoms with Crippen molar-refractivity contribution in [1.82, 2.24) is 0 Å². The summed E-state index contributed by atoms with van der Waals surface area (Å²) < 4.78 is 0. The van der Waals surface area contributed by atoms with E-state index in [4.69, 9.17) is 0 Å². The minimum atomic E-state index is -0.396. The first-order chi connectivity index (χ1) is 6.65. The molecular formula is C13H18O. The number of benzene rings is 1. The SMILES string of the molecule is C/C=C/C(C)C(O)c1ccc(C)cc1. The van der Waals surface area contributed by atoms with Crippen molar-refractivity contribution in [3.05, 3.63) is 47.5 Å². The van der Waals surface area contributed by atoms with Crippen LogP contribution >= 0.6 is 0 Å². The highest BCUT2D eigenvalue weighted by Crippen LogP contribution is 2.22. The second-order valence-corrected chi connectivity index (χ2v) is 3.74. The summed E-state index contributed by atoms with van der Waals surface area (Å²) >= 11 is 0. The summed E-state index contributed by atoms with van der Waals surface area (Å²) in [6, 6.07) is 8.03. The van der Waals surface area contributed by atoms with Crippen molar-refractivity contribution >= 4 is 0 Å². The Bertz CT molecular complexity index is 298. The first kappa shape index (κ1) is 11.0. The molecule has 0 amide bonds. The summed E-state index contributed by atoms with van der Waals surface area (Å²) in [7, 11) is 0. The average Bonchev–Trinajstić information content (AvgIpc) is 2.18. The van der Waals surface area contributed by atoms with Gasteiger partial charge >= 0.3 is 0 Å². The summed E-state index contributed by atoms with van der Waals surface area (Å²) in [5, 5.41) is 9.96. The van der Waals surface area contributed by atoms with Crippen LogP contribution in [0.15, 0.2) is 36.4 Å². The van der Waals surface area contributed by atoms with Gasteiger partial charge in [0.2, 0.25) is 0 Å². The third-order valence-corrected chi connectivity index (χ3v) is 2.41. The second-order valence-electron chi connectivity index (χ2n) is 3.74. The molecule has 1 aromatic rings. The minimum absolute atomic E-state index is 0.169. The molecular weight excluding hydrogens is 172 g/mol. The number of hydrogen-bond acceptors (Lipinski definition) is 1. The Morgan fingerprint density at radius 1 is 1.21 bits per heavy atom. The van der Waals surface area contributed by atoms with E-state index in [2.05, 4.69) is 0 Å². The van der Waals surface area contributed by atoms with Crippen LogP contribution in [0.5, 0.6) is 0 Å². The van der Waals surface area contributed by atoms with Gasteiger partial charge in [-0.2, -0.15) is 0 Å². The first-order valence-electron chi connectivity index (χ1n) is 5.02. The molecule has 0 fully saturated rings. The second kappa shape index (κ2) is 4.97. The molecule has 0 spiro atoms. The van der Waals surface area contributed by atoms with E-state index in [0.29, 0.717) is 0 Å². The molecule has 0 saturated carbocycles. The van der Waals surface area contributed by atoms with E-state index in [1.54, 1.807) is 0 Å². The molecule has 1 nitrogen and oxygen atoms in total. The molecule has 0 saturated heterocycles. The lowest BCUT2D eigenvalue weighted by atomic mass is 9.96. The summed E-state index contributed by atoms with van der Waals surface area (Å²) in [6.45, 7) is 6.04. The van der Waals surface area contributed by atoms with Gasteiger partial charge in [0.1, 0.15) is 0 Å². The smallest absolute Gasteiger partial charge is 0.0849 e. The molecule has 0 aliphatic heterocycles. The molecule has 1 N–H and O–H groups in total. The summed E-state index contributed by atoms with van der Waals surface area (Å²) in [5.41, 5.74) is 2.21. The number of aliphatic hydroxyl groups is 1. The highest BCUT2D eigenvalue weighted by atomic mass is 16.3. The standard InChI is InChI=1S/C13H18O/c1-4-5-11(3)13(14)12-8-6-10(2)7-9-12/h4-9,11,13-14H,1-3H3/b5-4+. The Labute approximate surface area is 86.1 Å². The van der Waals surface area contributed by atoms with E-state index in [-0.39, 0.29) is 5.92 Å². The molecule has 14 heavy (non-hydrogen) atoms. The summed E-state index contributed by atoms with van der Waals surface area (Å²) in [5.74, 6) is 0.169. The maximum absolute atomic E-state index is 9.96. The molecule has 0 aromatic heterocycles. The normalized spacial score (nSPS) is 15.7. The van der Waals surface area contributed by atoms with Gasteiger partial charge in [0.15, 0.2) is 0 Å². The number of aliphatic hydroxyl groups excluding tert-OH is 1. The predicted molar refractivity (Wildman–Crippen MR) is 60.1 cm³/mol. The monoisotopic (exact) mass is 190 g/mol. The molecule has 2 unspecified atom stereocenters. The zero-order chi connectivity index (χ0) is 10.6. The van der Waals surface area contributed by atoms with Crippen molar-refractivity contribution in [3.63, 3.8) is 0 Å². The van der Waals surface area contributed by atoms with Crippen LogP contribution in [0.3, 0.4) is 0 Å². The van der Waals surface area contributed by atoms with E-state index < -0.39 is 6.10 Å². The molecule has 0 heterocycles. The van der Waals surface area contributed by atoms with Crippen LogP contribution in [0.25, 0.3) is 0 Å². The van der Waals surface area contributed by atoms with Gasteiger partial charge in [-0.15, -0.1) is 0 Å². The van der Waals surface area contributed by atoms with Crippen LogP contribution in [0, 0.1) is 12.8 Å². The molecule has 0 aliphatic rings. The lowest BCUT2D eigenvalue weighted by Crippen LogP contribution is -2.06. The van der Waals surface area contributed by atoms with Gasteiger partial charge in [-0.05, 0) is 19.4 Å². The van der Waals surface area contributed by atoms with Crippen molar-refractivity contribution in [3.8, 4) is 0 Å². The van der Waals surface area contributed by atoms with Crippen molar-refractivity contribution in [1.29, 1.82) is 0 Å². The molecule has 1 aromatic carbocycles. The van der Waals surface area contributed by atoms with Crippen molar-refractivity contribution < 1.29 is 5.11 Å². The zero-order valence-corrected chi connectivity index (χ0v) is 9.07. The van der Waals surface area contributed by atoms with Crippen LogP contribution in [0.4, 0.5) is 0 Å². The quantitative estimate of drug-likeness (QED) is 0.725. The van der Waals surface area contributed by atoms with E-state index in [0.717, 1.165) is 5.56 Å². The van der Waals surface area contributed by atoms with Crippen LogP contribution in [0.2, 0.25) is 0 Å². The molecule has 0 radical (unpaired) electrons. The van der Waals surface area contributed by atoms with E-state index >= 15 is 0 Å². The summed E-state index contributed by atoms with van der Waals surface area (Å²) in [6.07, 6.45) is 3.60. The topological polar surface area (TPSA) is 20.2 Å². The molecule has 1 rings (SSSR count). The largest absolute Gasteiger partial charge is 0.388 e. The fraction of sp³-hybridized carbons (Fsp3) is 0.385. The van der Waals surface area contributed by atoms with Gasteiger partial charge in [0, 0.05) is 5.92 Å². The van der Waals surface area contributed by atoms with Crippen molar-refractivity contribution in [2.75, 3.05) is 0 Å². The Balaban J connectivity index is 2.78. The maximum atomic E-state index is 9.96. The van der Waals surface area contributed by atoms with E-state index in [1.807, 2.05) is 57.2 Å². The highest BCUT2D eigenvalue weighted by molar-refractivity contribution is 5.24. The minimum Gasteiger partial charge on any atom is -0.388 e. The van der Waals surface area contributed by atoms with Crippen LogP contribution in [0.1, 0.15) is 31.1 Å². The van der Waals surface area contributed by atoms with Gasteiger partial charge < -0.3 is 5.11 Å². The van der Waals surface area contributed by atoms with Gasteiger partial charge in [0.05, 0.1) is 6.10 Å². The predicted octanol–water partition coefficient (Wildman–Crippen LogP) is 3.24. The maximum Gasteiger partial charge on any atom is 0.0849 e. The van der Waals surface area contributed by atoms with E-state index in [9.17, 15) is 5.11 Å². The van der Waals surface area contributed by atoms with Crippen molar-refractivity contribution in [2.24, 2.45) is 5.92 Å². The molecule has 0 aliphatic carbocycles. The van der Waals surface area contributed by atoms with Gasteiger partial charge in [-0.25, -0.2) is 0 Å². The van der Waals surface area contributed by atoms with Crippen LogP contribution < -0.4 is 0 Å². The molecule has 2 atom stereocenters.